The standard InChI is InChI=1S/C50H86NO8P/c1-3-5-7-9-11-13-15-17-19-21-23-24-25-26-28-30-32-34-36-38-40-42-49(53)51-44-45-58-60(55,56)59-47-48(52)46-57-50(54)43-41-39-37-35-33-31-29-27-22-20-18-16-14-12-10-8-6-4-2/h5,7,11,13-14,16-17,19-20,22-24,26,28,48,52H,3-4,6,8-10,12,15,18,21,25,27,29-47H2,1-2H3,(H,51,53)(H,55,56)/b7-5-,13-11-,16-14-,19-17-,22-20-,24-23-,28-26-. The third-order valence-corrected chi connectivity index (χ3v) is 10.5. The minimum atomic E-state index is -4.43. The summed E-state index contributed by atoms with van der Waals surface area (Å²) >= 11 is 0. The summed E-state index contributed by atoms with van der Waals surface area (Å²) in [4.78, 5) is 34.0. The van der Waals surface area contributed by atoms with Gasteiger partial charge in [-0.15, -0.1) is 0 Å². The van der Waals surface area contributed by atoms with E-state index in [0.29, 0.717) is 6.42 Å². The van der Waals surface area contributed by atoms with Gasteiger partial charge in [0.05, 0.1) is 13.2 Å². The maximum absolute atomic E-state index is 12.1. The van der Waals surface area contributed by atoms with Crippen LogP contribution in [0, 0.1) is 0 Å². The molecule has 1 amide bonds. The molecule has 0 aliphatic heterocycles. The molecule has 0 fully saturated rings. The zero-order chi connectivity index (χ0) is 43.9. The number of aliphatic hydroxyl groups is 1. The second kappa shape index (κ2) is 45.7. The van der Waals surface area contributed by atoms with E-state index in [2.05, 4.69) is 104 Å². The molecule has 10 heteroatoms. The van der Waals surface area contributed by atoms with Crippen LogP contribution in [0.4, 0.5) is 0 Å². The molecule has 0 rings (SSSR count). The van der Waals surface area contributed by atoms with Gasteiger partial charge in [0.2, 0.25) is 5.91 Å². The van der Waals surface area contributed by atoms with E-state index >= 15 is 0 Å². The van der Waals surface area contributed by atoms with Gasteiger partial charge in [-0.3, -0.25) is 18.6 Å². The fraction of sp³-hybridized carbons (Fsp3) is 0.680. The van der Waals surface area contributed by atoms with Gasteiger partial charge in [0.1, 0.15) is 12.7 Å². The van der Waals surface area contributed by atoms with Crippen molar-refractivity contribution in [1.82, 2.24) is 5.32 Å². The Morgan fingerprint density at radius 3 is 1.43 bits per heavy atom. The number of allylic oxidation sites excluding steroid dienone is 14. The van der Waals surface area contributed by atoms with Crippen LogP contribution in [0.3, 0.4) is 0 Å². The Morgan fingerprint density at radius 2 is 0.950 bits per heavy atom. The van der Waals surface area contributed by atoms with Gasteiger partial charge < -0.3 is 20.1 Å². The molecular weight excluding hydrogens is 774 g/mol. The van der Waals surface area contributed by atoms with Crippen LogP contribution in [0.2, 0.25) is 0 Å². The first kappa shape index (κ1) is 57.2. The number of hydrogen-bond acceptors (Lipinski definition) is 7. The Bertz CT molecular complexity index is 1250. The quantitative estimate of drug-likeness (QED) is 0.0239. The van der Waals surface area contributed by atoms with Crippen LogP contribution in [-0.4, -0.2) is 54.3 Å². The minimum Gasteiger partial charge on any atom is -0.463 e. The van der Waals surface area contributed by atoms with Crippen LogP contribution < -0.4 is 5.32 Å². The van der Waals surface area contributed by atoms with Crippen LogP contribution in [0.25, 0.3) is 0 Å². The van der Waals surface area contributed by atoms with Gasteiger partial charge in [-0.25, -0.2) is 4.57 Å². The van der Waals surface area contributed by atoms with E-state index in [1.807, 2.05) is 0 Å². The predicted octanol–water partition coefficient (Wildman–Crippen LogP) is 13.6. The number of phosphoric ester groups is 1. The Kier molecular flexibility index (Phi) is 43.6. The largest absolute Gasteiger partial charge is 0.472 e. The van der Waals surface area contributed by atoms with E-state index in [-0.39, 0.29) is 32.1 Å². The fourth-order valence-corrected chi connectivity index (χ4v) is 6.78. The van der Waals surface area contributed by atoms with Gasteiger partial charge in [0.25, 0.3) is 0 Å². The monoisotopic (exact) mass is 860 g/mol. The molecule has 0 aromatic rings. The van der Waals surface area contributed by atoms with Crippen LogP contribution in [0.1, 0.15) is 187 Å². The lowest BCUT2D eigenvalue weighted by molar-refractivity contribution is -0.147. The van der Waals surface area contributed by atoms with Gasteiger partial charge in [-0.2, -0.15) is 0 Å². The highest BCUT2D eigenvalue weighted by Crippen LogP contribution is 2.42. The highest BCUT2D eigenvalue weighted by Gasteiger charge is 2.23. The summed E-state index contributed by atoms with van der Waals surface area (Å²) in [5, 5.41) is 12.7. The zero-order valence-corrected chi connectivity index (χ0v) is 38.8. The molecule has 0 spiro atoms. The van der Waals surface area contributed by atoms with Crippen molar-refractivity contribution in [2.24, 2.45) is 0 Å². The molecule has 0 saturated carbocycles. The van der Waals surface area contributed by atoms with E-state index in [9.17, 15) is 24.2 Å². The Labute approximate surface area is 366 Å². The molecule has 0 aromatic heterocycles. The smallest absolute Gasteiger partial charge is 0.463 e. The topological polar surface area (TPSA) is 131 Å². The van der Waals surface area contributed by atoms with Gasteiger partial charge in [0, 0.05) is 19.4 Å². The maximum atomic E-state index is 12.1. The molecule has 60 heavy (non-hydrogen) atoms. The summed E-state index contributed by atoms with van der Waals surface area (Å²) in [6, 6.07) is 0. The Hall–Kier alpha value is -2.81. The first-order chi connectivity index (χ1) is 29.3. The second-order valence-electron chi connectivity index (χ2n) is 15.3. The summed E-state index contributed by atoms with van der Waals surface area (Å²) < 4.78 is 26.9. The maximum Gasteiger partial charge on any atom is 0.472 e. The van der Waals surface area contributed by atoms with Crippen molar-refractivity contribution in [3.8, 4) is 0 Å². The molecule has 0 radical (unpaired) electrons. The molecule has 0 aromatic carbocycles. The van der Waals surface area contributed by atoms with E-state index in [1.54, 1.807) is 0 Å². The molecule has 3 N–H and O–H groups in total. The number of nitrogens with one attached hydrogen (secondary N) is 1. The molecule has 0 aliphatic carbocycles. The normalized spacial score (nSPS) is 14.0. The lowest BCUT2D eigenvalue weighted by Gasteiger charge is -2.15. The van der Waals surface area contributed by atoms with E-state index in [4.69, 9.17) is 13.8 Å². The van der Waals surface area contributed by atoms with Crippen molar-refractivity contribution in [3.05, 3.63) is 85.1 Å². The lowest BCUT2D eigenvalue weighted by Crippen LogP contribution is -2.27. The number of unbranched alkanes of at least 4 members (excludes halogenated alkanes) is 16. The summed E-state index contributed by atoms with van der Waals surface area (Å²) in [5.41, 5.74) is 0. The number of hydrogen-bond donors (Lipinski definition) is 3. The van der Waals surface area contributed by atoms with Crippen molar-refractivity contribution in [1.29, 1.82) is 0 Å². The highest BCUT2D eigenvalue weighted by atomic mass is 31.2. The van der Waals surface area contributed by atoms with Crippen molar-refractivity contribution < 1.29 is 37.9 Å². The van der Waals surface area contributed by atoms with Crippen LogP contribution >= 0.6 is 7.82 Å². The lowest BCUT2D eigenvalue weighted by atomic mass is 10.1. The summed E-state index contributed by atoms with van der Waals surface area (Å²) in [7, 11) is -4.43. The Balaban J connectivity index is 3.65. The average molecular weight is 860 g/mol. The van der Waals surface area contributed by atoms with Crippen molar-refractivity contribution in [2.45, 2.75) is 193 Å². The van der Waals surface area contributed by atoms with Crippen LogP contribution in [-0.2, 0) is 27.9 Å². The number of ether oxygens (including phenoxy) is 1. The van der Waals surface area contributed by atoms with Crippen molar-refractivity contribution in [2.75, 3.05) is 26.4 Å². The van der Waals surface area contributed by atoms with Gasteiger partial charge in [0.15, 0.2) is 0 Å². The number of amides is 1. The first-order valence-corrected chi connectivity index (χ1v) is 25.1. The first-order valence-electron chi connectivity index (χ1n) is 23.6. The number of esters is 1. The predicted molar refractivity (Wildman–Crippen MR) is 252 cm³/mol. The van der Waals surface area contributed by atoms with Crippen LogP contribution in [0.15, 0.2) is 85.1 Å². The summed E-state index contributed by atoms with van der Waals surface area (Å²) in [6.45, 7) is 3.38. The molecule has 0 bridgehead atoms. The van der Waals surface area contributed by atoms with Gasteiger partial charge >= 0.3 is 13.8 Å². The second-order valence-corrected chi connectivity index (χ2v) is 16.8. The van der Waals surface area contributed by atoms with Crippen molar-refractivity contribution >= 4 is 19.7 Å². The SMILES string of the molecule is CC/C=C\C/C=C\C/C=C\C/C=C\C/C=C\CCCCCCCC(=O)NCCOP(=O)(O)OCC(O)COC(=O)CCCCCCCCC/C=C\C/C=C\CCCCCC. The zero-order valence-electron chi connectivity index (χ0n) is 37.9. The third-order valence-electron chi connectivity index (χ3n) is 9.56. The fourth-order valence-electron chi connectivity index (χ4n) is 6.02. The van der Waals surface area contributed by atoms with Crippen molar-refractivity contribution in [3.63, 3.8) is 0 Å². The average Bonchev–Trinajstić information content (AvgIpc) is 3.23. The highest BCUT2D eigenvalue weighted by molar-refractivity contribution is 7.47. The summed E-state index contributed by atoms with van der Waals surface area (Å²) in [6.07, 6.45) is 57.9. The number of carbonyl (C=O) groups is 2. The molecule has 2 unspecified atom stereocenters. The summed E-state index contributed by atoms with van der Waals surface area (Å²) in [5.74, 6) is -0.548. The van der Waals surface area contributed by atoms with Crippen LogP contribution in [0.5, 0.6) is 0 Å². The third kappa shape index (κ3) is 46.3. The van der Waals surface area contributed by atoms with E-state index in [0.717, 1.165) is 109 Å². The van der Waals surface area contributed by atoms with E-state index in [1.165, 1.54) is 51.4 Å². The Morgan fingerprint density at radius 1 is 0.533 bits per heavy atom. The molecule has 344 valence electrons. The molecule has 0 saturated heterocycles. The number of phosphoric acid groups is 1. The molecule has 0 aliphatic rings. The van der Waals surface area contributed by atoms with E-state index < -0.39 is 26.5 Å². The van der Waals surface area contributed by atoms with Gasteiger partial charge in [-0.1, -0.05) is 170 Å². The molecular formula is C50H86NO8P. The molecule has 2 atom stereocenters. The molecule has 0 heterocycles. The number of carbonyl (C=O) groups excluding carboxylic acids is 2. The number of rotatable bonds is 43. The minimum absolute atomic E-state index is 0.0648. The molecule has 9 nitrogen and oxygen atoms in total. The van der Waals surface area contributed by atoms with Gasteiger partial charge in [-0.05, 0) is 89.9 Å². The number of aliphatic hydroxyl groups excluding tert-OH is 1.